The zero-order valence-corrected chi connectivity index (χ0v) is 12.8. The van der Waals surface area contributed by atoms with Crippen LogP contribution in [-0.4, -0.2) is 9.78 Å². The molecule has 3 nitrogen and oxygen atoms in total. The predicted molar refractivity (Wildman–Crippen MR) is 81.4 cm³/mol. The van der Waals surface area contributed by atoms with Crippen LogP contribution in [0.3, 0.4) is 0 Å². The van der Waals surface area contributed by atoms with Crippen molar-refractivity contribution in [3.8, 4) is 17.2 Å². The summed E-state index contributed by atoms with van der Waals surface area (Å²) in [5.74, 6) is 0. The first-order valence-electron chi connectivity index (χ1n) is 6.93. The lowest BCUT2D eigenvalue weighted by molar-refractivity contribution is 0.529. The van der Waals surface area contributed by atoms with Crippen LogP contribution in [0.15, 0.2) is 30.5 Å². The fourth-order valence-corrected chi connectivity index (χ4v) is 2.16. The molecule has 0 fully saturated rings. The van der Waals surface area contributed by atoms with Gasteiger partial charge >= 0.3 is 0 Å². The van der Waals surface area contributed by atoms with Crippen molar-refractivity contribution in [1.82, 2.24) is 9.78 Å². The van der Waals surface area contributed by atoms with Gasteiger partial charge in [0.25, 0.3) is 0 Å². The largest absolute Gasteiger partial charge is 0.269 e. The van der Waals surface area contributed by atoms with E-state index < -0.39 is 5.41 Å². The number of hydrogen-bond donors (Lipinski definition) is 0. The molecule has 0 aliphatic carbocycles. The van der Waals surface area contributed by atoms with Crippen molar-refractivity contribution in [3.05, 3.63) is 41.7 Å². The molecule has 0 spiro atoms. The Morgan fingerprint density at radius 2 is 1.80 bits per heavy atom. The summed E-state index contributed by atoms with van der Waals surface area (Å²) in [6, 6.07) is 10.9. The molecule has 0 radical (unpaired) electrons. The summed E-state index contributed by atoms with van der Waals surface area (Å²) in [5, 5.41) is 13.7. The zero-order chi connectivity index (χ0) is 14.9. The third-order valence-corrected chi connectivity index (χ3v) is 3.64. The molecule has 0 unspecified atom stereocenters. The third-order valence-electron chi connectivity index (χ3n) is 3.64. The van der Waals surface area contributed by atoms with Crippen LogP contribution in [0.2, 0.25) is 0 Å². The molecule has 0 saturated heterocycles. The van der Waals surface area contributed by atoms with Gasteiger partial charge in [0.05, 0.1) is 17.2 Å². The SMILES string of the molecule is Cc1nn(C(C)C)cc1-c1ccc(C(C)(C)C#N)cc1. The molecular weight excluding hydrogens is 246 g/mol. The quantitative estimate of drug-likeness (QED) is 0.834. The Morgan fingerprint density at radius 1 is 1.20 bits per heavy atom. The van der Waals surface area contributed by atoms with Gasteiger partial charge in [-0.3, -0.25) is 4.68 Å². The van der Waals surface area contributed by atoms with Gasteiger partial charge in [-0.2, -0.15) is 10.4 Å². The molecule has 2 aromatic rings. The average Bonchev–Trinajstić information content (AvgIpc) is 2.81. The summed E-state index contributed by atoms with van der Waals surface area (Å²) in [4.78, 5) is 0. The van der Waals surface area contributed by atoms with E-state index in [1.807, 2.05) is 37.6 Å². The van der Waals surface area contributed by atoms with Gasteiger partial charge in [-0.15, -0.1) is 0 Å². The maximum absolute atomic E-state index is 9.18. The predicted octanol–water partition coefficient (Wildman–Crippen LogP) is 4.24. The van der Waals surface area contributed by atoms with E-state index in [1.165, 1.54) is 0 Å². The fraction of sp³-hybridized carbons (Fsp3) is 0.412. The van der Waals surface area contributed by atoms with Crippen molar-refractivity contribution < 1.29 is 0 Å². The highest BCUT2D eigenvalue weighted by Gasteiger charge is 2.19. The number of aryl methyl sites for hydroxylation is 1. The highest BCUT2D eigenvalue weighted by molar-refractivity contribution is 5.65. The molecule has 3 heteroatoms. The van der Waals surface area contributed by atoms with Gasteiger partial charge in [-0.25, -0.2) is 0 Å². The molecule has 20 heavy (non-hydrogen) atoms. The lowest BCUT2D eigenvalue weighted by Crippen LogP contribution is -2.13. The van der Waals surface area contributed by atoms with E-state index in [2.05, 4.69) is 43.3 Å². The first-order valence-corrected chi connectivity index (χ1v) is 6.93. The van der Waals surface area contributed by atoms with E-state index >= 15 is 0 Å². The summed E-state index contributed by atoms with van der Waals surface area (Å²) in [6.07, 6.45) is 2.09. The van der Waals surface area contributed by atoms with Gasteiger partial charge in [-0.05, 0) is 45.7 Å². The minimum atomic E-state index is -0.449. The summed E-state index contributed by atoms with van der Waals surface area (Å²) in [7, 11) is 0. The second kappa shape index (κ2) is 5.13. The summed E-state index contributed by atoms with van der Waals surface area (Å²) in [6.45, 7) is 10.1. The van der Waals surface area contributed by atoms with Crippen molar-refractivity contribution in [2.24, 2.45) is 0 Å². The molecule has 0 saturated carbocycles. The lowest BCUT2D eigenvalue weighted by atomic mass is 9.85. The Balaban J connectivity index is 2.38. The Labute approximate surface area is 120 Å². The molecule has 2 rings (SSSR count). The van der Waals surface area contributed by atoms with Gasteiger partial charge in [0.2, 0.25) is 0 Å². The molecular formula is C17H21N3. The van der Waals surface area contributed by atoms with E-state index in [0.29, 0.717) is 6.04 Å². The minimum absolute atomic E-state index is 0.360. The molecule has 0 bridgehead atoms. The van der Waals surface area contributed by atoms with Crippen LogP contribution in [0.4, 0.5) is 0 Å². The zero-order valence-electron chi connectivity index (χ0n) is 12.8. The van der Waals surface area contributed by atoms with Crippen LogP contribution in [0.5, 0.6) is 0 Å². The van der Waals surface area contributed by atoms with Gasteiger partial charge < -0.3 is 0 Å². The Kier molecular flexibility index (Phi) is 3.67. The Bertz CT molecular complexity index is 640. The van der Waals surface area contributed by atoms with E-state index in [4.69, 9.17) is 0 Å². The van der Waals surface area contributed by atoms with Crippen LogP contribution < -0.4 is 0 Å². The number of hydrogen-bond acceptors (Lipinski definition) is 2. The maximum atomic E-state index is 9.18. The van der Waals surface area contributed by atoms with E-state index in [0.717, 1.165) is 22.4 Å². The molecule has 0 aliphatic heterocycles. The van der Waals surface area contributed by atoms with Crippen LogP contribution in [0, 0.1) is 18.3 Å². The van der Waals surface area contributed by atoms with Crippen LogP contribution in [-0.2, 0) is 5.41 Å². The van der Waals surface area contributed by atoms with Crippen molar-refractivity contribution in [2.45, 2.75) is 46.1 Å². The fourth-order valence-electron chi connectivity index (χ4n) is 2.16. The molecule has 1 heterocycles. The molecule has 1 aromatic carbocycles. The maximum Gasteiger partial charge on any atom is 0.0766 e. The second-order valence-electron chi connectivity index (χ2n) is 6.02. The molecule has 1 aromatic heterocycles. The molecule has 0 amide bonds. The molecule has 0 aliphatic rings. The minimum Gasteiger partial charge on any atom is -0.269 e. The topological polar surface area (TPSA) is 41.6 Å². The smallest absolute Gasteiger partial charge is 0.0766 e. The first-order chi connectivity index (χ1) is 9.35. The number of benzene rings is 1. The van der Waals surface area contributed by atoms with E-state index in [-0.39, 0.29) is 0 Å². The summed E-state index contributed by atoms with van der Waals surface area (Å²) < 4.78 is 1.98. The normalized spacial score (nSPS) is 11.7. The Morgan fingerprint density at radius 3 is 2.25 bits per heavy atom. The van der Waals surface area contributed by atoms with Gasteiger partial charge in [0.15, 0.2) is 0 Å². The molecule has 0 N–H and O–H groups in total. The van der Waals surface area contributed by atoms with Crippen molar-refractivity contribution in [2.75, 3.05) is 0 Å². The third kappa shape index (κ3) is 2.60. The summed E-state index contributed by atoms with van der Waals surface area (Å²) in [5.41, 5.74) is 3.92. The van der Waals surface area contributed by atoms with Gasteiger partial charge in [-0.1, -0.05) is 24.3 Å². The number of rotatable bonds is 3. The second-order valence-corrected chi connectivity index (χ2v) is 6.02. The number of nitrogens with zero attached hydrogens (tertiary/aromatic N) is 3. The van der Waals surface area contributed by atoms with Gasteiger partial charge in [0.1, 0.15) is 0 Å². The van der Waals surface area contributed by atoms with E-state index in [9.17, 15) is 5.26 Å². The standard InChI is InChI=1S/C17H21N3/c1-12(2)20-10-16(13(3)19-20)14-6-8-15(9-7-14)17(4,5)11-18/h6-10,12H,1-5H3. The molecule has 0 atom stereocenters. The summed E-state index contributed by atoms with van der Waals surface area (Å²) >= 11 is 0. The Hall–Kier alpha value is -2.08. The number of nitriles is 1. The van der Waals surface area contributed by atoms with Crippen molar-refractivity contribution in [3.63, 3.8) is 0 Å². The molecule has 104 valence electrons. The monoisotopic (exact) mass is 267 g/mol. The van der Waals surface area contributed by atoms with Crippen LogP contribution in [0.1, 0.15) is 45.0 Å². The average molecular weight is 267 g/mol. The van der Waals surface area contributed by atoms with Crippen molar-refractivity contribution >= 4 is 0 Å². The lowest BCUT2D eigenvalue weighted by Gasteiger charge is -2.15. The van der Waals surface area contributed by atoms with Gasteiger partial charge in [0, 0.05) is 17.8 Å². The number of aromatic nitrogens is 2. The highest BCUT2D eigenvalue weighted by atomic mass is 15.3. The van der Waals surface area contributed by atoms with E-state index in [1.54, 1.807) is 0 Å². The van der Waals surface area contributed by atoms with Crippen molar-refractivity contribution in [1.29, 1.82) is 5.26 Å². The first kappa shape index (κ1) is 14.3. The van der Waals surface area contributed by atoms with Crippen LogP contribution in [0.25, 0.3) is 11.1 Å². The van der Waals surface area contributed by atoms with Crippen LogP contribution >= 0.6 is 0 Å². The highest BCUT2D eigenvalue weighted by Crippen LogP contribution is 2.28.